The van der Waals surface area contributed by atoms with Crippen molar-refractivity contribution >= 4 is 5.78 Å². The Morgan fingerprint density at radius 2 is 1.77 bits per heavy atom. The zero-order chi connectivity index (χ0) is 10.1. The van der Waals surface area contributed by atoms with Crippen LogP contribution in [0, 0.1) is 11.2 Å². The van der Waals surface area contributed by atoms with Crippen molar-refractivity contribution in [1.82, 2.24) is 0 Å². The van der Waals surface area contributed by atoms with Gasteiger partial charge < -0.3 is 0 Å². The molecular weight excluding hydrogens is 167 g/mol. The van der Waals surface area contributed by atoms with E-state index in [2.05, 4.69) is 0 Å². The van der Waals surface area contributed by atoms with E-state index >= 15 is 0 Å². The highest BCUT2D eigenvalue weighted by atomic mass is 19.1. The van der Waals surface area contributed by atoms with Gasteiger partial charge in [-0.1, -0.05) is 32.9 Å². The van der Waals surface area contributed by atoms with E-state index in [1.54, 1.807) is 32.9 Å². The number of halogens is 1. The van der Waals surface area contributed by atoms with Crippen LogP contribution in [0.3, 0.4) is 0 Å². The summed E-state index contributed by atoms with van der Waals surface area (Å²) < 4.78 is 13.1. The van der Waals surface area contributed by atoms with Gasteiger partial charge in [0, 0.05) is 5.41 Å². The lowest BCUT2D eigenvalue weighted by atomic mass is 9.86. The number of Topliss-reactive ketones (excluding diaryl/α,β-unsaturated/α-hetero) is 1. The summed E-state index contributed by atoms with van der Waals surface area (Å²) in [6.45, 7) is 5.34. The summed E-state index contributed by atoms with van der Waals surface area (Å²) in [6, 6.07) is 6.07. The molecule has 0 bridgehead atoms. The molecule has 0 unspecified atom stereocenters. The molecule has 2 heteroatoms. The second kappa shape index (κ2) is 3.29. The van der Waals surface area contributed by atoms with E-state index in [1.165, 1.54) is 12.1 Å². The largest absolute Gasteiger partial charge is 0.293 e. The maximum Gasteiger partial charge on any atom is 0.171 e. The van der Waals surface area contributed by atoms with Crippen LogP contribution >= 0.6 is 0 Å². The molecule has 0 aromatic heterocycles. The van der Waals surface area contributed by atoms with Crippen LogP contribution in [0.4, 0.5) is 4.39 Å². The number of hydrogen-bond acceptors (Lipinski definition) is 1. The van der Waals surface area contributed by atoms with Crippen LogP contribution in [0.2, 0.25) is 0 Å². The molecule has 0 heterocycles. The summed E-state index contributed by atoms with van der Waals surface area (Å²) in [4.78, 5) is 11.6. The van der Waals surface area contributed by atoms with Crippen molar-refractivity contribution in [2.75, 3.05) is 0 Å². The maximum atomic E-state index is 13.1. The van der Waals surface area contributed by atoms with Crippen LogP contribution in [-0.4, -0.2) is 5.78 Å². The van der Waals surface area contributed by atoms with Crippen LogP contribution in [0.1, 0.15) is 31.1 Å². The van der Waals surface area contributed by atoms with Crippen molar-refractivity contribution in [2.24, 2.45) is 5.41 Å². The average Bonchev–Trinajstić information content (AvgIpc) is 2.02. The fourth-order valence-electron chi connectivity index (χ4n) is 1.05. The summed E-state index contributed by atoms with van der Waals surface area (Å²) in [6.07, 6.45) is 0. The monoisotopic (exact) mass is 180 g/mol. The lowest BCUT2D eigenvalue weighted by Gasteiger charge is -2.16. The topological polar surface area (TPSA) is 17.1 Å². The summed E-state index contributed by atoms with van der Waals surface area (Å²) >= 11 is 0. The first kappa shape index (κ1) is 9.90. The Hall–Kier alpha value is -1.18. The number of benzene rings is 1. The Morgan fingerprint density at radius 1 is 1.23 bits per heavy atom. The molecule has 0 fully saturated rings. The third-order valence-corrected chi connectivity index (χ3v) is 1.80. The van der Waals surface area contributed by atoms with Gasteiger partial charge in [-0.05, 0) is 12.1 Å². The summed E-state index contributed by atoms with van der Waals surface area (Å²) in [7, 11) is 0. The highest BCUT2D eigenvalue weighted by Crippen LogP contribution is 2.22. The molecule has 0 saturated heterocycles. The van der Waals surface area contributed by atoms with Crippen molar-refractivity contribution in [3.63, 3.8) is 0 Å². The molecule has 0 spiro atoms. The van der Waals surface area contributed by atoms with Gasteiger partial charge >= 0.3 is 0 Å². The highest BCUT2D eigenvalue weighted by molar-refractivity contribution is 5.99. The molecule has 0 radical (unpaired) electrons. The van der Waals surface area contributed by atoms with Crippen molar-refractivity contribution < 1.29 is 9.18 Å². The molecule has 0 saturated carbocycles. The fourth-order valence-corrected chi connectivity index (χ4v) is 1.05. The standard InChI is InChI=1S/C11H13FO/c1-11(2,3)10(13)8-6-4-5-7-9(8)12/h4-7H,1-3H3. The number of rotatable bonds is 1. The molecule has 0 aliphatic carbocycles. The smallest absolute Gasteiger partial charge is 0.171 e. The first-order chi connectivity index (χ1) is 5.93. The number of carbonyl (C=O) groups excluding carboxylic acids is 1. The van der Waals surface area contributed by atoms with Crippen molar-refractivity contribution in [3.8, 4) is 0 Å². The molecule has 13 heavy (non-hydrogen) atoms. The molecule has 0 atom stereocenters. The SMILES string of the molecule is CC(C)(C)C(=O)c1ccccc1F. The van der Waals surface area contributed by atoms with E-state index in [9.17, 15) is 9.18 Å². The van der Waals surface area contributed by atoms with E-state index in [-0.39, 0.29) is 11.3 Å². The van der Waals surface area contributed by atoms with Crippen LogP contribution in [0.25, 0.3) is 0 Å². The fraction of sp³-hybridized carbons (Fsp3) is 0.364. The van der Waals surface area contributed by atoms with Crippen LogP contribution in [0.15, 0.2) is 24.3 Å². The van der Waals surface area contributed by atoms with Gasteiger partial charge in [-0.3, -0.25) is 4.79 Å². The molecule has 70 valence electrons. The van der Waals surface area contributed by atoms with Gasteiger partial charge in [-0.2, -0.15) is 0 Å². The molecule has 1 aromatic rings. The lowest BCUT2D eigenvalue weighted by molar-refractivity contribution is 0.0854. The van der Waals surface area contributed by atoms with E-state index in [0.29, 0.717) is 0 Å². The van der Waals surface area contributed by atoms with Gasteiger partial charge in [0.25, 0.3) is 0 Å². The van der Waals surface area contributed by atoms with Gasteiger partial charge in [-0.15, -0.1) is 0 Å². The summed E-state index contributed by atoms with van der Waals surface area (Å²) in [5.41, 5.74) is -0.350. The van der Waals surface area contributed by atoms with Gasteiger partial charge in [0.05, 0.1) is 5.56 Å². The Balaban J connectivity index is 3.10. The second-order valence-corrected chi connectivity index (χ2v) is 4.06. The van der Waals surface area contributed by atoms with Crippen molar-refractivity contribution in [3.05, 3.63) is 35.6 Å². The molecule has 0 N–H and O–H groups in total. The Labute approximate surface area is 77.6 Å². The van der Waals surface area contributed by atoms with E-state index in [1.807, 2.05) is 0 Å². The predicted octanol–water partition coefficient (Wildman–Crippen LogP) is 3.05. The van der Waals surface area contributed by atoms with Gasteiger partial charge in [-0.25, -0.2) is 4.39 Å². The molecule has 1 aromatic carbocycles. The minimum atomic E-state index is -0.526. The highest BCUT2D eigenvalue weighted by Gasteiger charge is 2.24. The molecular formula is C11H13FO. The second-order valence-electron chi connectivity index (χ2n) is 4.06. The number of carbonyl (C=O) groups is 1. The predicted molar refractivity (Wildman–Crippen MR) is 50.2 cm³/mol. The maximum absolute atomic E-state index is 13.1. The minimum absolute atomic E-state index is 0.161. The van der Waals surface area contributed by atoms with Crippen LogP contribution in [-0.2, 0) is 0 Å². The summed E-state index contributed by atoms with van der Waals surface area (Å²) in [5.74, 6) is -0.604. The normalized spacial score (nSPS) is 11.4. The van der Waals surface area contributed by atoms with Crippen molar-refractivity contribution in [1.29, 1.82) is 0 Å². The Kier molecular flexibility index (Phi) is 2.50. The first-order valence-electron chi connectivity index (χ1n) is 4.22. The summed E-state index contributed by atoms with van der Waals surface area (Å²) in [5, 5.41) is 0. The van der Waals surface area contributed by atoms with Gasteiger partial charge in [0.1, 0.15) is 5.82 Å². The molecule has 0 amide bonds. The van der Waals surface area contributed by atoms with E-state index in [4.69, 9.17) is 0 Å². The quantitative estimate of drug-likeness (QED) is 0.607. The third kappa shape index (κ3) is 2.14. The Bertz CT molecular complexity index is 323. The van der Waals surface area contributed by atoms with Crippen LogP contribution < -0.4 is 0 Å². The molecule has 1 nitrogen and oxygen atoms in total. The zero-order valence-corrected chi connectivity index (χ0v) is 8.10. The van der Waals surface area contributed by atoms with Gasteiger partial charge in [0.2, 0.25) is 0 Å². The molecule has 0 aliphatic rings. The Morgan fingerprint density at radius 3 is 2.23 bits per heavy atom. The van der Waals surface area contributed by atoms with E-state index < -0.39 is 11.2 Å². The molecule has 0 aliphatic heterocycles. The third-order valence-electron chi connectivity index (χ3n) is 1.80. The van der Waals surface area contributed by atoms with Gasteiger partial charge in [0.15, 0.2) is 5.78 Å². The lowest BCUT2D eigenvalue weighted by Crippen LogP contribution is -2.21. The minimum Gasteiger partial charge on any atom is -0.293 e. The van der Waals surface area contributed by atoms with E-state index in [0.717, 1.165) is 0 Å². The van der Waals surface area contributed by atoms with Crippen molar-refractivity contribution in [2.45, 2.75) is 20.8 Å². The number of hydrogen-bond donors (Lipinski definition) is 0. The van der Waals surface area contributed by atoms with Crippen LogP contribution in [0.5, 0.6) is 0 Å². The first-order valence-corrected chi connectivity index (χ1v) is 4.22. The average molecular weight is 180 g/mol. The zero-order valence-electron chi connectivity index (χ0n) is 8.10. The molecule has 1 rings (SSSR count). The number of ketones is 1.